The van der Waals surface area contributed by atoms with Crippen molar-refractivity contribution in [3.8, 4) is 0 Å². The Balaban J connectivity index is 1.41. The SMILES string of the molecule is CC[C@H]1c2cc3[nH]c4c(c5nc(cc6[nH]c(cc(n2)[C@@H]1C)c(C(C)=O)c6C)[C@@H](C)[C@@H]5CCC(=O)NCc1cccnc1)CC(=O)c4c3C. The summed E-state index contributed by atoms with van der Waals surface area (Å²) in [5, 5.41) is 3.03. The Labute approximate surface area is 280 Å². The second-order valence-corrected chi connectivity index (χ2v) is 13.7. The van der Waals surface area contributed by atoms with Crippen LogP contribution in [0.3, 0.4) is 0 Å². The largest absolute Gasteiger partial charge is 0.355 e. The lowest BCUT2D eigenvalue weighted by Gasteiger charge is -2.17. The number of fused-ring (bicyclic) bond motifs is 8. The van der Waals surface area contributed by atoms with Crippen LogP contribution in [0, 0.1) is 13.8 Å². The van der Waals surface area contributed by atoms with Crippen LogP contribution < -0.4 is 5.32 Å². The molecule has 7 rings (SSSR count). The van der Waals surface area contributed by atoms with E-state index in [2.05, 4.69) is 47.1 Å². The van der Waals surface area contributed by atoms with Gasteiger partial charge in [0, 0.05) is 100 Å². The molecule has 0 radical (unpaired) electrons. The number of ketones is 2. The smallest absolute Gasteiger partial charge is 0.220 e. The molecule has 9 nitrogen and oxygen atoms in total. The van der Waals surface area contributed by atoms with Crippen molar-refractivity contribution in [3.05, 3.63) is 98.9 Å². The minimum absolute atomic E-state index is 0.00719. The van der Waals surface area contributed by atoms with Gasteiger partial charge in [-0.3, -0.25) is 29.3 Å². The van der Waals surface area contributed by atoms with Crippen molar-refractivity contribution in [2.24, 2.45) is 0 Å². The number of H-pyrrole nitrogens is 2. The minimum Gasteiger partial charge on any atom is -0.355 e. The normalized spacial score (nSPS) is 19.9. The summed E-state index contributed by atoms with van der Waals surface area (Å²) in [7, 11) is 0. The molecular weight excluding hydrogens is 600 g/mol. The molecule has 4 aromatic heterocycles. The van der Waals surface area contributed by atoms with Crippen LogP contribution >= 0.6 is 0 Å². The summed E-state index contributed by atoms with van der Waals surface area (Å²) >= 11 is 0. The van der Waals surface area contributed by atoms with Crippen molar-refractivity contribution in [1.29, 1.82) is 0 Å². The average molecular weight is 643 g/mol. The Morgan fingerprint density at radius 2 is 1.65 bits per heavy atom. The summed E-state index contributed by atoms with van der Waals surface area (Å²) in [6, 6.07) is 9.97. The van der Waals surface area contributed by atoms with E-state index in [1.165, 1.54) is 0 Å². The van der Waals surface area contributed by atoms with Gasteiger partial charge < -0.3 is 15.3 Å². The van der Waals surface area contributed by atoms with E-state index in [1.54, 1.807) is 19.3 Å². The van der Waals surface area contributed by atoms with Gasteiger partial charge in [0.15, 0.2) is 11.6 Å². The molecule has 0 saturated heterocycles. The predicted octanol–water partition coefficient (Wildman–Crippen LogP) is 7.55. The molecule has 246 valence electrons. The first-order chi connectivity index (χ1) is 23.0. The van der Waals surface area contributed by atoms with Gasteiger partial charge in [-0.2, -0.15) is 0 Å². The van der Waals surface area contributed by atoms with E-state index in [9.17, 15) is 14.4 Å². The monoisotopic (exact) mass is 642 g/mol. The van der Waals surface area contributed by atoms with E-state index in [4.69, 9.17) is 9.97 Å². The van der Waals surface area contributed by atoms with E-state index in [0.717, 1.165) is 79.1 Å². The number of rotatable bonds is 7. The second kappa shape index (κ2) is 12.3. The number of hydrogen-bond donors (Lipinski definition) is 3. The number of amides is 1. The Bertz CT molecular complexity index is 2140. The second-order valence-electron chi connectivity index (χ2n) is 13.7. The Morgan fingerprint density at radius 1 is 0.938 bits per heavy atom. The van der Waals surface area contributed by atoms with Crippen LogP contribution in [0.4, 0.5) is 0 Å². The first-order valence-electron chi connectivity index (χ1n) is 17.0. The number of nitrogens with zero attached hydrogens (tertiary/aromatic N) is 3. The molecule has 0 saturated carbocycles. The summed E-state index contributed by atoms with van der Waals surface area (Å²) in [6.07, 6.45) is 5.55. The van der Waals surface area contributed by atoms with Crippen LogP contribution in [-0.4, -0.2) is 42.4 Å². The summed E-state index contributed by atoms with van der Waals surface area (Å²) in [5.41, 5.74) is 12.0. The lowest BCUT2D eigenvalue weighted by Crippen LogP contribution is -2.23. The predicted molar refractivity (Wildman–Crippen MR) is 186 cm³/mol. The van der Waals surface area contributed by atoms with Crippen LogP contribution in [-0.2, 0) is 17.8 Å². The number of carbonyl (C=O) groups excluding carboxylic acids is 3. The summed E-state index contributed by atoms with van der Waals surface area (Å²) in [4.78, 5) is 61.3. The van der Waals surface area contributed by atoms with Gasteiger partial charge in [-0.25, -0.2) is 0 Å². The number of aromatic nitrogens is 5. The highest BCUT2D eigenvalue weighted by Gasteiger charge is 2.36. The maximum Gasteiger partial charge on any atom is 0.220 e. The molecule has 6 heterocycles. The molecule has 0 unspecified atom stereocenters. The fourth-order valence-corrected chi connectivity index (χ4v) is 8.02. The van der Waals surface area contributed by atoms with Crippen LogP contribution in [0.25, 0.3) is 22.1 Å². The minimum atomic E-state index is -0.0734. The Kier molecular flexibility index (Phi) is 8.09. The number of Topliss-reactive ketones (excluding diaryl/α,β-unsaturated/α-hetero) is 2. The standard InChI is InChI=1S/C39H42N6O3/c1-7-25-19(2)28-16-33-36(23(6)46)21(4)30(43-33)14-29-20(3)26(10-11-35(48)41-18-24-9-8-12-40-17-24)38(44-29)27-13-34(47)37-22(5)31(45-39(27)37)15-32(25)42-28/h8-9,12,14-17,19-20,25-26,43,45H,7,10-11,13,18H2,1-6H3,(H,41,48)/t19-,20+,25-,26+/m1/s1. The molecule has 4 aromatic rings. The first-order valence-corrected chi connectivity index (χ1v) is 17.0. The lowest BCUT2D eigenvalue weighted by atomic mass is 9.85. The fourth-order valence-electron chi connectivity index (χ4n) is 8.02. The molecule has 48 heavy (non-hydrogen) atoms. The summed E-state index contributed by atoms with van der Waals surface area (Å²) in [5.74, 6) is 0.312. The number of hydrogen-bond acceptors (Lipinski definition) is 6. The van der Waals surface area contributed by atoms with Crippen molar-refractivity contribution >= 4 is 39.5 Å². The lowest BCUT2D eigenvalue weighted by molar-refractivity contribution is -0.121. The number of nitrogens with one attached hydrogen (secondary N) is 3. The maximum atomic E-state index is 13.6. The van der Waals surface area contributed by atoms with Gasteiger partial charge in [0.25, 0.3) is 0 Å². The number of carbonyl (C=O) groups is 3. The maximum absolute atomic E-state index is 13.6. The third-order valence-corrected chi connectivity index (χ3v) is 10.8. The van der Waals surface area contributed by atoms with Crippen LogP contribution in [0.1, 0.15) is 136 Å². The van der Waals surface area contributed by atoms with E-state index in [-0.39, 0.29) is 47.6 Å². The Hall–Kier alpha value is -4.92. The average Bonchev–Trinajstić information content (AvgIpc) is 3.81. The molecule has 0 fully saturated rings. The van der Waals surface area contributed by atoms with Crippen molar-refractivity contribution < 1.29 is 14.4 Å². The number of aromatic amines is 2. The van der Waals surface area contributed by atoms with Gasteiger partial charge in [-0.1, -0.05) is 26.8 Å². The molecule has 3 N–H and O–H groups in total. The van der Waals surface area contributed by atoms with E-state index < -0.39 is 0 Å². The molecule has 3 aliphatic rings. The zero-order valence-electron chi connectivity index (χ0n) is 28.5. The highest BCUT2D eigenvalue weighted by Crippen LogP contribution is 2.45. The number of pyridine rings is 1. The molecule has 0 aromatic carbocycles. The van der Waals surface area contributed by atoms with E-state index >= 15 is 0 Å². The zero-order valence-corrected chi connectivity index (χ0v) is 28.5. The molecular formula is C39H42N6O3. The summed E-state index contributed by atoms with van der Waals surface area (Å²) in [6.45, 7) is 12.5. The molecule has 0 spiro atoms. The van der Waals surface area contributed by atoms with Gasteiger partial charge >= 0.3 is 0 Å². The van der Waals surface area contributed by atoms with Gasteiger partial charge in [0.1, 0.15) is 0 Å². The van der Waals surface area contributed by atoms with Gasteiger partial charge in [0.2, 0.25) is 5.91 Å². The first kappa shape index (κ1) is 31.7. The molecule has 1 aliphatic carbocycles. The van der Waals surface area contributed by atoms with Crippen molar-refractivity contribution in [2.75, 3.05) is 0 Å². The fraction of sp³-hybridized carbons (Fsp3) is 0.385. The van der Waals surface area contributed by atoms with E-state index in [1.807, 2.05) is 38.1 Å². The Morgan fingerprint density at radius 3 is 2.38 bits per heavy atom. The zero-order chi connectivity index (χ0) is 33.9. The molecule has 9 heteroatoms. The molecule has 8 bridgehead atoms. The summed E-state index contributed by atoms with van der Waals surface area (Å²) < 4.78 is 0. The van der Waals surface area contributed by atoms with Crippen molar-refractivity contribution in [3.63, 3.8) is 0 Å². The molecule has 1 amide bonds. The van der Waals surface area contributed by atoms with E-state index in [0.29, 0.717) is 24.9 Å². The molecule has 4 atom stereocenters. The van der Waals surface area contributed by atoms with Gasteiger partial charge in [-0.05, 0) is 74.6 Å². The third-order valence-electron chi connectivity index (χ3n) is 10.8. The highest BCUT2D eigenvalue weighted by molar-refractivity contribution is 6.13. The third kappa shape index (κ3) is 5.35. The molecule has 2 aliphatic heterocycles. The highest BCUT2D eigenvalue weighted by atomic mass is 16.1. The van der Waals surface area contributed by atoms with Gasteiger partial charge in [-0.15, -0.1) is 0 Å². The topological polar surface area (TPSA) is 133 Å². The van der Waals surface area contributed by atoms with Crippen molar-refractivity contribution in [2.45, 2.75) is 97.4 Å². The quantitative estimate of drug-likeness (QED) is 0.178. The number of aryl methyl sites for hydroxylation is 2. The van der Waals surface area contributed by atoms with Gasteiger partial charge in [0.05, 0.1) is 16.7 Å². The van der Waals surface area contributed by atoms with Crippen LogP contribution in [0.5, 0.6) is 0 Å². The van der Waals surface area contributed by atoms with Crippen LogP contribution in [0.15, 0.2) is 42.7 Å². The van der Waals surface area contributed by atoms with Crippen molar-refractivity contribution in [1.82, 2.24) is 30.2 Å². The van der Waals surface area contributed by atoms with Crippen LogP contribution in [0.2, 0.25) is 0 Å².